The van der Waals surface area contributed by atoms with Crippen LogP contribution in [0.1, 0.15) is 96.8 Å². The van der Waals surface area contributed by atoms with Gasteiger partial charge in [-0.1, -0.05) is 97.0 Å². The Hall–Kier alpha value is -0.950. The second-order valence-electron chi connectivity index (χ2n) is 8.42. The Morgan fingerprint density at radius 2 is 0.848 bits per heavy atom. The van der Waals surface area contributed by atoms with Gasteiger partial charge in [-0.05, 0) is 6.42 Å². The molecule has 0 fully saturated rings. The van der Waals surface area contributed by atoms with E-state index >= 15 is 0 Å². The standard InChI is InChI=1S/C27H52O6/c1-3-5-6-7-8-9-10-11-12-13-14-15-16-17-18-29-19-20-30-21-22-31-23-24-32-25-26-33-27(28)4-2/h4H,2-3,5-26H2,1H3. The van der Waals surface area contributed by atoms with E-state index in [4.69, 9.17) is 23.7 Å². The van der Waals surface area contributed by atoms with E-state index in [1.54, 1.807) is 0 Å². The minimum absolute atomic E-state index is 0.229. The van der Waals surface area contributed by atoms with Gasteiger partial charge in [0, 0.05) is 12.7 Å². The first-order chi connectivity index (χ1) is 16.3. The van der Waals surface area contributed by atoms with Gasteiger partial charge < -0.3 is 23.7 Å². The Balaban J connectivity index is 3.02. The molecular weight excluding hydrogens is 420 g/mol. The average Bonchev–Trinajstić information content (AvgIpc) is 2.83. The van der Waals surface area contributed by atoms with Crippen molar-refractivity contribution >= 4 is 5.97 Å². The van der Waals surface area contributed by atoms with Gasteiger partial charge in [0.2, 0.25) is 0 Å². The topological polar surface area (TPSA) is 63.2 Å². The number of rotatable bonds is 28. The molecule has 0 N–H and O–H groups in total. The molecule has 0 radical (unpaired) electrons. The smallest absolute Gasteiger partial charge is 0.330 e. The maximum atomic E-state index is 10.8. The molecule has 33 heavy (non-hydrogen) atoms. The van der Waals surface area contributed by atoms with Crippen LogP contribution in [-0.4, -0.2) is 65.4 Å². The van der Waals surface area contributed by atoms with Crippen molar-refractivity contribution in [1.29, 1.82) is 0 Å². The summed E-state index contributed by atoms with van der Waals surface area (Å²) in [7, 11) is 0. The van der Waals surface area contributed by atoms with Crippen LogP contribution in [0.25, 0.3) is 0 Å². The highest BCUT2D eigenvalue weighted by Gasteiger charge is 1.97. The van der Waals surface area contributed by atoms with Gasteiger partial charge in [-0.15, -0.1) is 0 Å². The fourth-order valence-electron chi connectivity index (χ4n) is 3.42. The molecule has 0 rings (SSSR count). The van der Waals surface area contributed by atoms with E-state index < -0.39 is 5.97 Å². The van der Waals surface area contributed by atoms with E-state index in [2.05, 4.69) is 13.5 Å². The van der Waals surface area contributed by atoms with Crippen LogP contribution in [0.5, 0.6) is 0 Å². The SMILES string of the molecule is C=CC(=O)OCCOCCOCCOCCOCCCCCCCCCCCCCCCC. The lowest BCUT2D eigenvalue weighted by Crippen LogP contribution is -2.14. The Labute approximate surface area is 203 Å². The first-order valence-corrected chi connectivity index (χ1v) is 13.4. The molecule has 0 aliphatic carbocycles. The summed E-state index contributed by atoms with van der Waals surface area (Å²) < 4.78 is 26.6. The Kier molecular flexibility index (Phi) is 28.2. The molecule has 6 heteroatoms. The minimum atomic E-state index is -0.435. The fraction of sp³-hybridized carbons (Fsp3) is 0.889. The van der Waals surface area contributed by atoms with E-state index in [1.165, 1.54) is 83.5 Å². The number of carbonyl (C=O) groups is 1. The first kappa shape index (κ1) is 32.0. The third-order valence-corrected chi connectivity index (χ3v) is 5.40. The van der Waals surface area contributed by atoms with Gasteiger partial charge in [0.05, 0.1) is 46.2 Å². The van der Waals surface area contributed by atoms with Crippen LogP contribution in [0.15, 0.2) is 12.7 Å². The number of unbranched alkanes of at least 4 members (excludes halogenated alkanes) is 13. The zero-order valence-electron chi connectivity index (χ0n) is 21.5. The van der Waals surface area contributed by atoms with Gasteiger partial charge in [-0.3, -0.25) is 0 Å². The second kappa shape index (κ2) is 29.1. The van der Waals surface area contributed by atoms with E-state index in [0.29, 0.717) is 46.2 Å². The largest absolute Gasteiger partial charge is 0.460 e. The summed E-state index contributed by atoms with van der Waals surface area (Å²) in [6.07, 6.45) is 20.4. The molecule has 0 aliphatic heterocycles. The zero-order valence-corrected chi connectivity index (χ0v) is 21.5. The average molecular weight is 473 g/mol. The molecule has 0 aromatic rings. The summed E-state index contributed by atoms with van der Waals surface area (Å²) in [6.45, 7) is 10.3. The van der Waals surface area contributed by atoms with Crippen LogP contribution in [0.4, 0.5) is 0 Å². The lowest BCUT2D eigenvalue weighted by molar-refractivity contribution is -0.139. The number of esters is 1. The summed E-state index contributed by atoms with van der Waals surface area (Å²) in [5, 5.41) is 0. The molecule has 0 atom stereocenters. The highest BCUT2D eigenvalue weighted by molar-refractivity contribution is 5.81. The Morgan fingerprint density at radius 3 is 1.24 bits per heavy atom. The maximum Gasteiger partial charge on any atom is 0.330 e. The zero-order chi connectivity index (χ0) is 24.1. The quantitative estimate of drug-likeness (QED) is 0.0760. The summed E-state index contributed by atoms with van der Waals surface area (Å²) in [5.41, 5.74) is 0. The van der Waals surface area contributed by atoms with Crippen molar-refractivity contribution in [3.63, 3.8) is 0 Å². The predicted molar refractivity (Wildman–Crippen MR) is 135 cm³/mol. The van der Waals surface area contributed by atoms with E-state index in [9.17, 15) is 4.79 Å². The molecule has 0 amide bonds. The minimum Gasteiger partial charge on any atom is -0.460 e. The molecule has 0 unspecified atom stereocenters. The van der Waals surface area contributed by atoms with E-state index in [0.717, 1.165) is 19.1 Å². The fourth-order valence-corrected chi connectivity index (χ4v) is 3.42. The molecule has 0 aromatic carbocycles. The predicted octanol–water partition coefficient (Wildman–Crippen LogP) is 6.26. The van der Waals surface area contributed by atoms with Crippen molar-refractivity contribution in [2.75, 3.05) is 59.5 Å². The van der Waals surface area contributed by atoms with Crippen molar-refractivity contribution in [2.24, 2.45) is 0 Å². The van der Waals surface area contributed by atoms with Gasteiger partial charge in [0.1, 0.15) is 6.61 Å². The Morgan fingerprint density at radius 1 is 0.515 bits per heavy atom. The summed E-state index contributed by atoms with van der Waals surface area (Å²) in [4.78, 5) is 10.8. The number of hydrogen-bond acceptors (Lipinski definition) is 6. The summed E-state index contributed by atoms with van der Waals surface area (Å²) in [5.74, 6) is -0.435. The molecule has 0 saturated heterocycles. The Bertz CT molecular complexity index is 402. The third kappa shape index (κ3) is 29.0. The molecule has 0 aliphatic rings. The molecule has 196 valence electrons. The number of ether oxygens (including phenoxy) is 5. The molecule has 0 saturated carbocycles. The molecule has 0 bridgehead atoms. The van der Waals surface area contributed by atoms with Gasteiger partial charge >= 0.3 is 5.97 Å². The first-order valence-electron chi connectivity index (χ1n) is 13.4. The number of carbonyl (C=O) groups excluding carboxylic acids is 1. The van der Waals surface area contributed by atoms with Crippen molar-refractivity contribution in [2.45, 2.75) is 96.8 Å². The molecular formula is C27H52O6. The highest BCUT2D eigenvalue weighted by atomic mass is 16.6. The van der Waals surface area contributed by atoms with Gasteiger partial charge in [0.15, 0.2) is 0 Å². The van der Waals surface area contributed by atoms with Crippen LogP contribution in [0.3, 0.4) is 0 Å². The maximum absolute atomic E-state index is 10.8. The van der Waals surface area contributed by atoms with Crippen LogP contribution in [0.2, 0.25) is 0 Å². The van der Waals surface area contributed by atoms with Gasteiger partial charge in [-0.25, -0.2) is 4.79 Å². The highest BCUT2D eigenvalue weighted by Crippen LogP contribution is 2.12. The summed E-state index contributed by atoms with van der Waals surface area (Å²) in [6, 6.07) is 0. The molecule has 6 nitrogen and oxygen atoms in total. The van der Waals surface area contributed by atoms with Crippen molar-refractivity contribution in [3.8, 4) is 0 Å². The monoisotopic (exact) mass is 472 g/mol. The van der Waals surface area contributed by atoms with Crippen molar-refractivity contribution < 1.29 is 28.5 Å². The lowest BCUT2D eigenvalue weighted by Gasteiger charge is -2.08. The second-order valence-corrected chi connectivity index (χ2v) is 8.42. The van der Waals surface area contributed by atoms with Crippen LogP contribution in [-0.2, 0) is 28.5 Å². The van der Waals surface area contributed by atoms with Gasteiger partial charge in [-0.2, -0.15) is 0 Å². The van der Waals surface area contributed by atoms with E-state index in [1.807, 2.05) is 0 Å². The van der Waals surface area contributed by atoms with Crippen molar-refractivity contribution in [3.05, 3.63) is 12.7 Å². The normalized spacial score (nSPS) is 11.1. The molecule has 0 spiro atoms. The van der Waals surface area contributed by atoms with Gasteiger partial charge in [0.25, 0.3) is 0 Å². The van der Waals surface area contributed by atoms with Crippen molar-refractivity contribution in [1.82, 2.24) is 0 Å². The van der Waals surface area contributed by atoms with Crippen LogP contribution in [0, 0.1) is 0 Å². The van der Waals surface area contributed by atoms with E-state index in [-0.39, 0.29) is 6.61 Å². The third-order valence-electron chi connectivity index (χ3n) is 5.40. The van der Waals surface area contributed by atoms with Crippen LogP contribution < -0.4 is 0 Å². The molecule has 0 aromatic heterocycles. The molecule has 0 heterocycles. The summed E-state index contributed by atoms with van der Waals surface area (Å²) >= 11 is 0. The lowest BCUT2D eigenvalue weighted by atomic mass is 10.0. The van der Waals surface area contributed by atoms with Crippen LogP contribution >= 0.6 is 0 Å². The number of hydrogen-bond donors (Lipinski definition) is 0.